The fraction of sp³-hybridized carbons (Fsp3) is 0.312. The molecule has 0 aliphatic carbocycles. The summed E-state index contributed by atoms with van der Waals surface area (Å²) >= 11 is 0. The summed E-state index contributed by atoms with van der Waals surface area (Å²) in [7, 11) is 0. The van der Waals surface area contributed by atoms with E-state index >= 15 is 0 Å². The SMILES string of the molecule is Cc1cnc(-c2c(C)c(C)cc(C)c2C)c(N)c1. The highest BCUT2D eigenvalue weighted by Gasteiger charge is 2.14. The van der Waals surface area contributed by atoms with E-state index in [4.69, 9.17) is 5.73 Å². The summed E-state index contributed by atoms with van der Waals surface area (Å²) in [4.78, 5) is 4.53. The Morgan fingerprint density at radius 3 is 1.94 bits per heavy atom. The van der Waals surface area contributed by atoms with Crippen LogP contribution >= 0.6 is 0 Å². The number of rotatable bonds is 1. The lowest BCUT2D eigenvalue weighted by molar-refractivity contribution is 1.20. The monoisotopic (exact) mass is 240 g/mol. The lowest BCUT2D eigenvalue weighted by atomic mass is 9.91. The van der Waals surface area contributed by atoms with Crippen molar-refractivity contribution in [3.63, 3.8) is 0 Å². The van der Waals surface area contributed by atoms with Gasteiger partial charge in [0.2, 0.25) is 0 Å². The molecule has 2 N–H and O–H groups in total. The first-order valence-electron chi connectivity index (χ1n) is 6.21. The average molecular weight is 240 g/mol. The Balaban J connectivity index is 2.78. The molecule has 1 aromatic heterocycles. The van der Waals surface area contributed by atoms with E-state index in [0.29, 0.717) is 0 Å². The molecule has 0 fully saturated rings. The molecular weight excluding hydrogens is 220 g/mol. The Bertz CT molecular complexity index is 587. The van der Waals surface area contributed by atoms with Gasteiger partial charge in [-0.2, -0.15) is 0 Å². The van der Waals surface area contributed by atoms with Crippen molar-refractivity contribution < 1.29 is 0 Å². The number of pyridine rings is 1. The van der Waals surface area contributed by atoms with Crippen LogP contribution in [-0.2, 0) is 0 Å². The molecule has 0 saturated carbocycles. The van der Waals surface area contributed by atoms with Crippen LogP contribution in [0.2, 0.25) is 0 Å². The van der Waals surface area contributed by atoms with E-state index < -0.39 is 0 Å². The molecule has 0 amide bonds. The van der Waals surface area contributed by atoms with Crippen LogP contribution in [0.3, 0.4) is 0 Å². The van der Waals surface area contributed by atoms with Gasteiger partial charge in [-0.25, -0.2) is 0 Å². The van der Waals surface area contributed by atoms with Crippen molar-refractivity contribution in [3.8, 4) is 11.3 Å². The van der Waals surface area contributed by atoms with E-state index in [1.165, 1.54) is 27.8 Å². The summed E-state index contributed by atoms with van der Waals surface area (Å²) in [5.41, 5.74) is 15.2. The molecule has 2 rings (SSSR count). The smallest absolute Gasteiger partial charge is 0.0936 e. The standard InChI is InChI=1S/C16H20N2/c1-9-6-14(17)16(18-8-9)15-12(4)10(2)7-11(3)13(15)5/h6-8H,17H2,1-5H3. The second-order valence-electron chi connectivity index (χ2n) is 5.09. The van der Waals surface area contributed by atoms with E-state index in [1.54, 1.807) is 0 Å². The maximum atomic E-state index is 6.13. The summed E-state index contributed by atoms with van der Waals surface area (Å²) in [6, 6.07) is 4.21. The number of aryl methyl sites for hydroxylation is 3. The molecule has 1 heterocycles. The normalized spacial score (nSPS) is 10.7. The summed E-state index contributed by atoms with van der Waals surface area (Å²) in [5, 5.41) is 0. The summed E-state index contributed by atoms with van der Waals surface area (Å²) in [6.45, 7) is 10.6. The second-order valence-corrected chi connectivity index (χ2v) is 5.09. The minimum absolute atomic E-state index is 0.756. The Morgan fingerprint density at radius 2 is 1.44 bits per heavy atom. The maximum absolute atomic E-state index is 6.13. The van der Waals surface area contributed by atoms with E-state index in [9.17, 15) is 0 Å². The van der Waals surface area contributed by atoms with Crippen LogP contribution in [0.15, 0.2) is 18.3 Å². The molecule has 1 aromatic carbocycles. The Labute approximate surface area is 109 Å². The van der Waals surface area contributed by atoms with Gasteiger partial charge in [-0.1, -0.05) is 6.07 Å². The minimum Gasteiger partial charge on any atom is -0.397 e. The molecule has 0 spiro atoms. The third kappa shape index (κ3) is 1.99. The zero-order chi connectivity index (χ0) is 13.4. The second kappa shape index (κ2) is 4.45. The fourth-order valence-corrected chi connectivity index (χ4v) is 2.37. The van der Waals surface area contributed by atoms with E-state index in [0.717, 1.165) is 16.9 Å². The molecule has 2 heteroatoms. The summed E-state index contributed by atoms with van der Waals surface area (Å²) in [5.74, 6) is 0. The van der Waals surface area contributed by atoms with E-state index in [1.807, 2.05) is 19.2 Å². The highest BCUT2D eigenvalue weighted by Crippen LogP contribution is 2.33. The number of benzene rings is 1. The van der Waals surface area contributed by atoms with Gasteiger partial charge in [0.05, 0.1) is 11.4 Å². The maximum Gasteiger partial charge on any atom is 0.0936 e. The van der Waals surface area contributed by atoms with Crippen molar-refractivity contribution in [2.24, 2.45) is 0 Å². The number of nitrogen functional groups attached to an aromatic ring is 1. The number of nitrogens with two attached hydrogens (primary N) is 1. The minimum atomic E-state index is 0.756. The number of nitrogens with zero attached hydrogens (tertiary/aromatic N) is 1. The van der Waals surface area contributed by atoms with Gasteiger partial charge in [0, 0.05) is 11.8 Å². The quantitative estimate of drug-likeness (QED) is 0.821. The van der Waals surface area contributed by atoms with Gasteiger partial charge in [-0.3, -0.25) is 4.98 Å². The Kier molecular flexibility index (Phi) is 3.12. The van der Waals surface area contributed by atoms with Crippen LogP contribution in [0.5, 0.6) is 0 Å². The van der Waals surface area contributed by atoms with Crippen LogP contribution in [-0.4, -0.2) is 4.98 Å². The molecule has 0 bridgehead atoms. The number of hydrogen-bond acceptors (Lipinski definition) is 2. The molecule has 0 aliphatic rings. The van der Waals surface area contributed by atoms with Crippen LogP contribution in [0, 0.1) is 34.6 Å². The van der Waals surface area contributed by atoms with Crippen molar-refractivity contribution in [1.29, 1.82) is 0 Å². The lowest BCUT2D eigenvalue weighted by Gasteiger charge is -2.16. The topological polar surface area (TPSA) is 38.9 Å². The van der Waals surface area contributed by atoms with Gasteiger partial charge < -0.3 is 5.73 Å². The molecule has 0 aliphatic heterocycles. The Morgan fingerprint density at radius 1 is 0.889 bits per heavy atom. The molecule has 94 valence electrons. The highest BCUT2D eigenvalue weighted by atomic mass is 14.7. The third-order valence-corrected chi connectivity index (χ3v) is 3.66. The number of anilines is 1. The molecule has 0 saturated heterocycles. The fourth-order valence-electron chi connectivity index (χ4n) is 2.37. The highest BCUT2D eigenvalue weighted by molar-refractivity contribution is 5.79. The molecule has 0 unspecified atom stereocenters. The zero-order valence-electron chi connectivity index (χ0n) is 11.8. The molecule has 0 atom stereocenters. The summed E-state index contributed by atoms with van der Waals surface area (Å²) < 4.78 is 0. The van der Waals surface area contributed by atoms with E-state index in [2.05, 4.69) is 38.7 Å². The average Bonchev–Trinajstić information content (AvgIpc) is 2.29. The van der Waals surface area contributed by atoms with Crippen LogP contribution in [0.1, 0.15) is 27.8 Å². The number of hydrogen-bond donors (Lipinski definition) is 1. The first kappa shape index (κ1) is 12.6. The first-order chi connectivity index (χ1) is 8.41. The van der Waals surface area contributed by atoms with Crippen molar-refractivity contribution in [2.45, 2.75) is 34.6 Å². The third-order valence-electron chi connectivity index (χ3n) is 3.66. The first-order valence-corrected chi connectivity index (χ1v) is 6.21. The van der Waals surface area contributed by atoms with Crippen molar-refractivity contribution >= 4 is 5.69 Å². The molecular formula is C16H20N2. The predicted molar refractivity (Wildman–Crippen MR) is 77.8 cm³/mol. The Hall–Kier alpha value is -1.83. The van der Waals surface area contributed by atoms with Gasteiger partial charge in [-0.15, -0.1) is 0 Å². The lowest BCUT2D eigenvalue weighted by Crippen LogP contribution is -2.00. The number of aromatic nitrogens is 1. The largest absolute Gasteiger partial charge is 0.397 e. The molecule has 2 nitrogen and oxygen atoms in total. The van der Waals surface area contributed by atoms with Crippen LogP contribution < -0.4 is 5.73 Å². The van der Waals surface area contributed by atoms with Crippen LogP contribution in [0.25, 0.3) is 11.3 Å². The summed E-state index contributed by atoms with van der Waals surface area (Å²) in [6.07, 6.45) is 1.88. The van der Waals surface area contributed by atoms with Crippen LogP contribution in [0.4, 0.5) is 5.69 Å². The van der Waals surface area contributed by atoms with E-state index in [-0.39, 0.29) is 0 Å². The zero-order valence-corrected chi connectivity index (χ0v) is 11.8. The van der Waals surface area contributed by atoms with Gasteiger partial charge in [0.1, 0.15) is 0 Å². The molecule has 2 aromatic rings. The molecule has 0 radical (unpaired) electrons. The van der Waals surface area contributed by atoms with Crippen molar-refractivity contribution in [2.75, 3.05) is 5.73 Å². The van der Waals surface area contributed by atoms with Gasteiger partial charge >= 0.3 is 0 Å². The van der Waals surface area contributed by atoms with Gasteiger partial charge in [-0.05, 0) is 68.5 Å². The van der Waals surface area contributed by atoms with Gasteiger partial charge in [0.15, 0.2) is 0 Å². The predicted octanol–water partition coefficient (Wildman–Crippen LogP) is 3.87. The van der Waals surface area contributed by atoms with Crippen molar-refractivity contribution in [1.82, 2.24) is 4.98 Å². The van der Waals surface area contributed by atoms with Crippen molar-refractivity contribution in [3.05, 3.63) is 46.1 Å². The van der Waals surface area contributed by atoms with Gasteiger partial charge in [0.25, 0.3) is 0 Å². The molecule has 18 heavy (non-hydrogen) atoms.